The van der Waals surface area contributed by atoms with Crippen LogP contribution in [-0.2, 0) is 0 Å². The predicted molar refractivity (Wildman–Crippen MR) is 115 cm³/mol. The molecule has 3 aromatic heterocycles. The fourth-order valence-corrected chi connectivity index (χ4v) is 3.55. The summed E-state index contributed by atoms with van der Waals surface area (Å²) in [5, 5.41) is 14.9. The minimum absolute atomic E-state index is 0.173. The van der Waals surface area contributed by atoms with Crippen LogP contribution in [0, 0.1) is 6.92 Å². The molecule has 4 aromatic rings. The van der Waals surface area contributed by atoms with Gasteiger partial charge in [0.1, 0.15) is 11.5 Å². The van der Waals surface area contributed by atoms with Gasteiger partial charge in [-0.2, -0.15) is 10.1 Å². The molecular weight excluding hydrogens is 378 g/mol. The summed E-state index contributed by atoms with van der Waals surface area (Å²) >= 11 is 0. The molecule has 4 N–H and O–H groups in total. The lowest BCUT2D eigenvalue weighted by molar-refractivity contribution is 0.374. The third-order valence-corrected chi connectivity index (χ3v) is 5.35. The molecule has 8 nitrogen and oxygen atoms in total. The summed E-state index contributed by atoms with van der Waals surface area (Å²) in [5.41, 5.74) is 11.6. The molecule has 1 saturated carbocycles. The molecule has 1 atom stereocenters. The van der Waals surface area contributed by atoms with Gasteiger partial charge in [-0.25, -0.2) is 4.98 Å². The van der Waals surface area contributed by atoms with Gasteiger partial charge in [-0.05, 0) is 32.8 Å². The van der Waals surface area contributed by atoms with Gasteiger partial charge in [-0.15, -0.1) is 0 Å². The Balaban J connectivity index is 1.35. The van der Waals surface area contributed by atoms with Crippen molar-refractivity contribution < 1.29 is 4.52 Å². The predicted octanol–water partition coefficient (Wildman–Crippen LogP) is 4.46. The van der Waals surface area contributed by atoms with Crippen molar-refractivity contribution in [2.24, 2.45) is 0 Å². The summed E-state index contributed by atoms with van der Waals surface area (Å²) in [6.07, 6.45) is 2.40. The summed E-state index contributed by atoms with van der Waals surface area (Å²) < 4.78 is 5.53. The number of nitrogen functional groups attached to an aromatic ring is 1. The zero-order valence-corrected chi connectivity index (χ0v) is 16.9. The van der Waals surface area contributed by atoms with Crippen LogP contribution in [-0.4, -0.2) is 25.3 Å². The maximum atomic E-state index is 6.28. The van der Waals surface area contributed by atoms with Crippen LogP contribution < -0.4 is 11.1 Å². The maximum absolute atomic E-state index is 6.28. The van der Waals surface area contributed by atoms with Crippen molar-refractivity contribution in [2.45, 2.75) is 38.6 Å². The molecule has 1 unspecified atom stereocenters. The molecule has 1 aromatic carbocycles. The highest BCUT2D eigenvalue weighted by molar-refractivity contribution is 5.74. The Hall–Kier alpha value is -3.68. The first-order valence-corrected chi connectivity index (χ1v) is 10.1. The van der Waals surface area contributed by atoms with E-state index in [1.54, 1.807) is 0 Å². The second kappa shape index (κ2) is 7.29. The van der Waals surface area contributed by atoms with Crippen molar-refractivity contribution in [3.05, 3.63) is 59.6 Å². The summed E-state index contributed by atoms with van der Waals surface area (Å²) in [4.78, 5) is 9.05. The normalized spacial score (nSPS) is 14.6. The number of aromatic nitrogens is 5. The summed E-state index contributed by atoms with van der Waals surface area (Å²) in [5.74, 6) is 2.12. The van der Waals surface area contributed by atoms with E-state index in [0.29, 0.717) is 23.4 Å². The fourth-order valence-electron chi connectivity index (χ4n) is 3.55. The van der Waals surface area contributed by atoms with Gasteiger partial charge < -0.3 is 15.6 Å². The minimum Gasteiger partial charge on any atom is -0.383 e. The smallest absolute Gasteiger partial charge is 0.225 e. The molecule has 3 heterocycles. The lowest BCUT2D eigenvalue weighted by Crippen LogP contribution is -2.11. The van der Waals surface area contributed by atoms with E-state index in [9.17, 15) is 0 Å². The molecule has 0 saturated heterocycles. The Morgan fingerprint density at radius 2 is 1.97 bits per heavy atom. The van der Waals surface area contributed by atoms with E-state index in [2.05, 4.69) is 36.7 Å². The van der Waals surface area contributed by atoms with Crippen LogP contribution in [0.3, 0.4) is 0 Å². The number of rotatable bonds is 6. The molecule has 8 heteroatoms. The molecule has 0 aliphatic heterocycles. The van der Waals surface area contributed by atoms with Crippen LogP contribution in [0.4, 0.5) is 11.8 Å². The lowest BCUT2D eigenvalue weighted by Gasteiger charge is -2.13. The van der Waals surface area contributed by atoms with E-state index in [4.69, 9.17) is 10.3 Å². The number of aryl methyl sites for hydroxylation is 1. The largest absolute Gasteiger partial charge is 0.383 e. The van der Waals surface area contributed by atoms with Crippen molar-refractivity contribution >= 4 is 11.8 Å². The molecule has 0 spiro atoms. The highest BCUT2D eigenvalue weighted by Gasteiger charge is 2.27. The van der Waals surface area contributed by atoms with Gasteiger partial charge in [0.25, 0.3) is 0 Å². The standard InChI is InChI=1S/C22H23N7O/c1-12(19-11-17(29-30-19)14-6-4-3-5-7-14)24-22-25-13(2)20(21(23)26-22)18-10-16(27-28-18)15-8-9-15/h3-7,10-12,15H,8-9H2,1-2H3,(H,27,28)(H3,23,24,25,26). The zero-order chi connectivity index (χ0) is 20.7. The van der Waals surface area contributed by atoms with E-state index in [0.717, 1.165) is 33.9 Å². The van der Waals surface area contributed by atoms with E-state index in [1.165, 1.54) is 12.8 Å². The number of hydrogen-bond acceptors (Lipinski definition) is 7. The summed E-state index contributed by atoms with van der Waals surface area (Å²) in [6, 6.07) is 13.7. The highest BCUT2D eigenvalue weighted by Crippen LogP contribution is 2.40. The Labute approximate surface area is 173 Å². The molecule has 1 aliphatic rings. The van der Waals surface area contributed by atoms with Crippen LogP contribution in [0.15, 0.2) is 47.0 Å². The third kappa shape index (κ3) is 3.52. The monoisotopic (exact) mass is 401 g/mol. The van der Waals surface area contributed by atoms with Crippen LogP contribution in [0.5, 0.6) is 0 Å². The van der Waals surface area contributed by atoms with Gasteiger partial charge in [0.05, 0.1) is 28.7 Å². The summed E-state index contributed by atoms with van der Waals surface area (Å²) in [7, 11) is 0. The van der Waals surface area contributed by atoms with Crippen molar-refractivity contribution in [3.8, 4) is 22.5 Å². The number of H-pyrrole nitrogens is 1. The lowest BCUT2D eigenvalue weighted by atomic mass is 10.1. The van der Waals surface area contributed by atoms with Gasteiger partial charge in [-0.3, -0.25) is 5.10 Å². The van der Waals surface area contributed by atoms with E-state index in [1.807, 2.05) is 50.2 Å². The molecular formula is C22H23N7O. The van der Waals surface area contributed by atoms with E-state index < -0.39 is 0 Å². The number of hydrogen-bond donors (Lipinski definition) is 3. The molecule has 152 valence electrons. The zero-order valence-electron chi connectivity index (χ0n) is 16.9. The van der Waals surface area contributed by atoms with Crippen molar-refractivity contribution in [2.75, 3.05) is 11.1 Å². The first-order valence-electron chi connectivity index (χ1n) is 10.1. The maximum Gasteiger partial charge on any atom is 0.225 e. The van der Waals surface area contributed by atoms with Crippen LogP contribution in [0.1, 0.15) is 48.9 Å². The van der Waals surface area contributed by atoms with Gasteiger partial charge >= 0.3 is 0 Å². The Morgan fingerprint density at radius 1 is 1.17 bits per heavy atom. The fraction of sp³-hybridized carbons (Fsp3) is 0.273. The van der Waals surface area contributed by atoms with Crippen molar-refractivity contribution in [3.63, 3.8) is 0 Å². The Bertz CT molecular complexity index is 1150. The number of nitrogens with one attached hydrogen (secondary N) is 2. The SMILES string of the molecule is Cc1nc(NC(C)c2cc(-c3ccccc3)no2)nc(N)c1-c1cc(C2CC2)n[nH]1. The number of nitrogens with zero attached hydrogens (tertiary/aromatic N) is 4. The second-order valence-corrected chi connectivity index (χ2v) is 7.72. The van der Waals surface area contributed by atoms with Gasteiger partial charge in [0.2, 0.25) is 5.95 Å². The highest BCUT2D eigenvalue weighted by atomic mass is 16.5. The number of nitrogens with two attached hydrogens (primary N) is 1. The first-order chi connectivity index (χ1) is 14.6. The molecule has 30 heavy (non-hydrogen) atoms. The van der Waals surface area contributed by atoms with Gasteiger partial charge in [0, 0.05) is 17.5 Å². The molecule has 5 rings (SSSR count). The molecule has 1 aliphatic carbocycles. The number of aromatic amines is 1. The van der Waals surface area contributed by atoms with Crippen molar-refractivity contribution in [1.82, 2.24) is 25.3 Å². The topological polar surface area (TPSA) is 119 Å². The van der Waals surface area contributed by atoms with Crippen molar-refractivity contribution in [1.29, 1.82) is 0 Å². The minimum atomic E-state index is -0.173. The van der Waals surface area contributed by atoms with Crippen LogP contribution >= 0.6 is 0 Å². The number of benzene rings is 1. The Morgan fingerprint density at radius 3 is 2.70 bits per heavy atom. The molecule has 0 bridgehead atoms. The first kappa shape index (κ1) is 18.4. The van der Waals surface area contributed by atoms with Gasteiger partial charge in [0.15, 0.2) is 5.76 Å². The van der Waals surface area contributed by atoms with Crippen LogP contribution in [0.2, 0.25) is 0 Å². The molecule has 1 fully saturated rings. The average Bonchev–Trinajstić information content (AvgIpc) is 3.26. The van der Waals surface area contributed by atoms with E-state index in [-0.39, 0.29) is 6.04 Å². The molecule has 0 amide bonds. The van der Waals surface area contributed by atoms with Gasteiger partial charge in [-0.1, -0.05) is 35.5 Å². The average molecular weight is 401 g/mol. The van der Waals surface area contributed by atoms with Crippen LogP contribution in [0.25, 0.3) is 22.5 Å². The quantitative estimate of drug-likeness (QED) is 0.436. The van der Waals surface area contributed by atoms with E-state index >= 15 is 0 Å². The second-order valence-electron chi connectivity index (χ2n) is 7.72. The number of anilines is 2. The molecule has 0 radical (unpaired) electrons. The summed E-state index contributed by atoms with van der Waals surface area (Å²) in [6.45, 7) is 3.89. The third-order valence-electron chi connectivity index (χ3n) is 5.35. The Kier molecular flexibility index (Phi) is 4.46.